The minimum Gasteiger partial charge on any atom is -0.345 e. The maximum Gasteiger partial charge on any atom is 0.243 e. The molecule has 11 nitrogen and oxygen atoms in total. The smallest absolute Gasteiger partial charge is 0.243 e. The van der Waals surface area contributed by atoms with Crippen molar-refractivity contribution in [3.63, 3.8) is 0 Å². The molecule has 279 valence electrons. The molecule has 2 saturated carbocycles. The lowest BCUT2D eigenvalue weighted by Gasteiger charge is -2.40. The lowest BCUT2D eigenvalue weighted by atomic mass is 9.65. The molecule has 3 rings (SSSR count). The van der Waals surface area contributed by atoms with Crippen LogP contribution in [0, 0.1) is 17.8 Å². The van der Waals surface area contributed by atoms with Crippen LogP contribution in [0.25, 0.3) is 0 Å². The van der Waals surface area contributed by atoms with Gasteiger partial charge in [0.15, 0.2) is 17.1 Å². The first kappa shape index (κ1) is 41.4. The Morgan fingerprint density at radius 2 is 1.46 bits per heavy atom. The number of carbonyl (C=O) groups excluding carboxylic acids is 5. The van der Waals surface area contributed by atoms with Gasteiger partial charge in [-0.25, -0.2) is 0 Å². The summed E-state index contributed by atoms with van der Waals surface area (Å²) in [5.41, 5.74) is 17.6. The Bertz CT molecular complexity index is 1230. The second-order valence-corrected chi connectivity index (χ2v) is 15.1. The summed E-state index contributed by atoms with van der Waals surface area (Å²) >= 11 is 0. The molecule has 9 N–H and O–H groups in total. The molecule has 2 fully saturated rings. The van der Waals surface area contributed by atoms with Gasteiger partial charge in [0.25, 0.3) is 0 Å². The van der Waals surface area contributed by atoms with E-state index in [1.807, 2.05) is 44.2 Å². The minimum absolute atomic E-state index is 0.0120. The molecule has 1 unspecified atom stereocenters. The number of carbonyl (C=O) groups is 4. The molecule has 2 aliphatic rings. The van der Waals surface area contributed by atoms with Gasteiger partial charge in [-0.3, -0.25) is 24.0 Å². The molecular formula is C39H63N6O5. The highest BCUT2D eigenvalue weighted by molar-refractivity contribution is 6.11. The molecule has 11 heteroatoms. The van der Waals surface area contributed by atoms with Crippen LogP contribution in [-0.4, -0.2) is 72.0 Å². The van der Waals surface area contributed by atoms with Crippen molar-refractivity contribution in [3.05, 3.63) is 35.9 Å². The Labute approximate surface area is 299 Å². The van der Waals surface area contributed by atoms with Crippen LogP contribution >= 0.6 is 0 Å². The largest absolute Gasteiger partial charge is 0.345 e. The van der Waals surface area contributed by atoms with Crippen molar-refractivity contribution in [3.8, 4) is 0 Å². The zero-order chi connectivity index (χ0) is 36.7. The predicted molar refractivity (Wildman–Crippen MR) is 197 cm³/mol. The van der Waals surface area contributed by atoms with Crippen LogP contribution in [0.2, 0.25) is 0 Å². The highest BCUT2D eigenvalue weighted by Gasteiger charge is 2.53. The fourth-order valence-corrected chi connectivity index (χ4v) is 7.93. The van der Waals surface area contributed by atoms with E-state index in [-0.39, 0.29) is 23.8 Å². The number of benzene rings is 1. The normalized spacial score (nSPS) is 20.1. The molecule has 2 amide bonds. The van der Waals surface area contributed by atoms with Crippen molar-refractivity contribution in [2.75, 3.05) is 6.54 Å². The molecule has 50 heavy (non-hydrogen) atoms. The van der Waals surface area contributed by atoms with Gasteiger partial charge in [-0.1, -0.05) is 95.5 Å². The van der Waals surface area contributed by atoms with Gasteiger partial charge in [0, 0.05) is 6.04 Å². The van der Waals surface area contributed by atoms with Crippen LogP contribution in [0.5, 0.6) is 0 Å². The van der Waals surface area contributed by atoms with Crippen LogP contribution in [-0.2, 0) is 30.4 Å². The maximum absolute atomic E-state index is 14.4. The van der Waals surface area contributed by atoms with E-state index in [4.69, 9.17) is 17.2 Å². The second-order valence-electron chi connectivity index (χ2n) is 15.1. The van der Waals surface area contributed by atoms with Crippen LogP contribution in [0.4, 0.5) is 0 Å². The molecule has 1 radical (unpaired) electrons. The molecular weight excluding hydrogens is 632 g/mol. The fourth-order valence-electron chi connectivity index (χ4n) is 7.93. The third kappa shape index (κ3) is 12.1. The third-order valence-corrected chi connectivity index (χ3v) is 10.6. The van der Waals surface area contributed by atoms with Crippen LogP contribution in [0.1, 0.15) is 116 Å². The van der Waals surface area contributed by atoms with Crippen LogP contribution in [0.3, 0.4) is 0 Å². The predicted octanol–water partition coefficient (Wildman–Crippen LogP) is 3.15. The third-order valence-electron chi connectivity index (χ3n) is 10.6. The zero-order valence-corrected chi connectivity index (χ0v) is 30.6. The van der Waals surface area contributed by atoms with Crippen molar-refractivity contribution in [1.29, 1.82) is 0 Å². The Hall–Kier alpha value is -2.99. The molecule has 0 heterocycles. The summed E-state index contributed by atoms with van der Waals surface area (Å²) < 4.78 is 0. The van der Waals surface area contributed by atoms with E-state index < -0.39 is 53.1 Å². The number of rotatable bonds is 21. The fraction of sp³-hybridized carbons (Fsp3) is 0.718. The average Bonchev–Trinajstić information content (AvgIpc) is 3.11. The van der Waals surface area contributed by atoms with E-state index in [0.29, 0.717) is 51.5 Å². The van der Waals surface area contributed by atoms with Gasteiger partial charge in [0.05, 0.1) is 24.0 Å². The minimum atomic E-state index is -2.23. The van der Waals surface area contributed by atoms with Crippen LogP contribution in [0.15, 0.2) is 30.3 Å². The van der Waals surface area contributed by atoms with Gasteiger partial charge in [0.1, 0.15) is 6.04 Å². The van der Waals surface area contributed by atoms with Crippen molar-refractivity contribution in [2.45, 2.75) is 153 Å². The highest BCUT2D eigenvalue weighted by Crippen LogP contribution is 2.37. The van der Waals surface area contributed by atoms with Crippen LogP contribution < -0.4 is 33.2 Å². The quantitative estimate of drug-likeness (QED) is 0.0826. The number of ketones is 2. The Morgan fingerprint density at radius 3 is 2.04 bits per heavy atom. The number of hydrogen-bond donors (Lipinski definition) is 6. The molecule has 0 saturated heterocycles. The van der Waals surface area contributed by atoms with E-state index in [9.17, 15) is 24.0 Å². The van der Waals surface area contributed by atoms with Gasteiger partial charge in [-0.2, -0.15) is 0 Å². The summed E-state index contributed by atoms with van der Waals surface area (Å²) in [5, 5.41) is 9.04. The summed E-state index contributed by atoms with van der Waals surface area (Å²) in [5.74, 6) is -3.25. The standard InChI is InChI=1S/C39H63N6O5/c1-26(2)43-33(24-29-17-9-5-10-18-29)38(50)45-32(21-13-14-22-40)37(49)44-27(3)35(47)34(30-19-11-6-12-20-30)39(42,25-46)36(48)31(41)23-28-15-7-4-8-16-28/h5,9-10,17-18,26-28,30-34,43H,4,6-8,11-16,19-24,40-42H2,1-3H3,(H,44,49)(H,45,50)/t27-,31+,32-,33-,34?,39+/m0/s1. The molecule has 0 aromatic heterocycles. The van der Waals surface area contributed by atoms with Gasteiger partial charge in [0.2, 0.25) is 18.1 Å². The van der Waals surface area contributed by atoms with E-state index in [1.54, 1.807) is 13.2 Å². The topological polar surface area (TPSA) is 200 Å². The zero-order valence-electron chi connectivity index (χ0n) is 30.6. The van der Waals surface area contributed by atoms with Crippen molar-refractivity contribution in [1.82, 2.24) is 16.0 Å². The van der Waals surface area contributed by atoms with E-state index in [0.717, 1.165) is 56.9 Å². The van der Waals surface area contributed by atoms with E-state index in [1.165, 1.54) is 0 Å². The lowest BCUT2D eigenvalue weighted by molar-refractivity contribution is -0.137. The van der Waals surface area contributed by atoms with E-state index >= 15 is 0 Å². The van der Waals surface area contributed by atoms with E-state index in [2.05, 4.69) is 16.0 Å². The molecule has 0 spiro atoms. The molecule has 6 atom stereocenters. The van der Waals surface area contributed by atoms with Gasteiger partial charge < -0.3 is 33.2 Å². The van der Waals surface area contributed by atoms with Gasteiger partial charge in [-0.15, -0.1) is 0 Å². The first-order chi connectivity index (χ1) is 23.9. The monoisotopic (exact) mass is 695 g/mol. The number of amides is 2. The van der Waals surface area contributed by atoms with Crippen molar-refractivity contribution in [2.24, 2.45) is 35.0 Å². The number of nitrogens with two attached hydrogens (primary N) is 3. The summed E-state index contributed by atoms with van der Waals surface area (Å²) in [4.78, 5) is 68.5. The summed E-state index contributed by atoms with van der Waals surface area (Å²) in [7, 11) is 0. The number of hydrogen-bond acceptors (Lipinski definition) is 9. The summed E-state index contributed by atoms with van der Waals surface area (Å²) in [6, 6.07) is 6.05. The highest BCUT2D eigenvalue weighted by atomic mass is 16.2. The Kier molecular flexibility index (Phi) is 17.2. The first-order valence-electron chi connectivity index (χ1n) is 19.0. The van der Waals surface area contributed by atoms with Crippen molar-refractivity contribution < 1.29 is 24.0 Å². The number of nitrogens with one attached hydrogen (secondary N) is 3. The van der Waals surface area contributed by atoms with Gasteiger partial charge >= 0.3 is 0 Å². The second kappa shape index (κ2) is 20.8. The van der Waals surface area contributed by atoms with Crippen molar-refractivity contribution >= 4 is 29.7 Å². The SMILES string of the molecule is CC(C)N[C@@H](Cc1ccccc1)C(=O)N[C@@H](CCCCN)C(=O)N[C@@H](C)C(=O)C(C1CCCCC1)[C@](N)([C]=O)C(=O)[C@H](N)CC1CCCCC1. The summed E-state index contributed by atoms with van der Waals surface area (Å²) in [6.45, 7) is 5.89. The average molecular weight is 696 g/mol. The maximum atomic E-state index is 14.4. The van der Waals surface area contributed by atoms with Gasteiger partial charge in [-0.05, 0) is 75.8 Å². The number of Topliss-reactive ketones (excluding diaryl/α,β-unsaturated/α-hetero) is 2. The first-order valence-corrected chi connectivity index (χ1v) is 19.0. The summed E-state index contributed by atoms with van der Waals surface area (Å²) in [6.07, 6.45) is 13.4. The molecule has 0 aliphatic heterocycles. The molecule has 1 aromatic carbocycles. The molecule has 2 aliphatic carbocycles. The molecule has 1 aromatic rings. The lowest BCUT2D eigenvalue weighted by Crippen LogP contribution is -2.66. The Morgan fingerprint density at radius 1 is 0.860 bits per heavy atom. The Balaban J connectivity index is 1.81. The number of unbranched alkanes of at least 4 members (excludes halogenated alkanes) is 1. The molecule has 0 bridgehead atoms.